The number of aliphatic carboxylic acids is 1. The quantitative estimate of drug-likeness (QED) is 0.0138. The Kier molecular flexibility index (Phi) is 32.7. The van der Waals surface area contributed by atoms with E-state index in [1.807, 2.05) is 48.5 Å². The maximum absolute atomic E-state index is 13.7. The van der Waals surface area contributed by atoms with Crippen molar-refractivity contribution in [3.63, 3.8) is 0 Å². The van der Waals surface area contributed by atoms with Gasteiger partial charge < -0.3 is 69.9 Å². The number of aliphatic imine (C=N–C) groups is 2. The molecular weight excluding hydrogens is 1720 g/mol. The Morgan fingerprint density at radius 3 is 1.28 bits per heavy atom. The Labute approximate surface area is 765 Å². The molecule has 10 amide bonds. The van der Waals surface area contributed by atoms with Gasteiger partial charge in [0.25, 0.3) is 35.4 Å². The minimum Gasteiger partial charge on any atom is -0.493 e. The average molecular weight is 1820 g/mol. The zero-order valence-electron chi connectivity index (χ0n) is 74.9. The second-order valence-corrected chi connectivity index (χ2v) is 33.1. The number of rotatable bonds is 43. The highest BCUT2D eigenvalue weighted by molar-refractivity contribution is 6.16. The Morgan fingerprint density at radius 2 is 0.872 bits per heavy atom. The largest absolute Gasteiger partial charge is 0.493 e. The van der Waals surface area contributed by atoms with Gasteiger partial charge in [0.1, 0.15) is 11.6 Å². The summed E-state index contributed by atoms with van der Waals surface area (Å²) in [6.07, 6.45) is 10.5. The maximum Gasteiger partial charge on any atom is 0.333 e. The molecule has 133 heavy (non-hydrogen) atoms. The number of methoxy groups -OCH3 is 2. The smallest absolute Gasteiger partial charge is 0.333 e. The number of carbonyl (C=O) groups is 16. The fraction of sp³-hybridized carbons (Fsp3) is 0.375. The molecule has 37 nitrogen and oxygen atoms in total. The first-order chi connectivity index (χ1) is 63.8. The van der Waals surface area contributed by atoms with Crippen LogP contribution >= 0.6 is 0 Å². The Hall–Kier alpha value is -15.2. The summed E-state index contributed by atoms with van der Waals surface area (Å²) >= 11 is 0. The van der Waals surface area contributed by atoms with Crippen LogP contribution in [0.25, 0.3) is 0 Å². The number of imide groups is 1. The maximum atomic E-state index is 13.7. The molecule has 0 spiro atoms. The van der Waals surface area contributed by atoms with Crippen LogP contribution in [0.3, 0.4) is 0 Å². The predicted molar refractivity (Wildman–Crippen MR) is 488 cm³/mol. The van der Waals surface area contributed by atoms with Crippen LogP contribution in [-0.2, 0) is 102 Å². The summed E-state index contributed by atoms with van der Waals surface area (Å²) in [4.78, 5) is 227. The lowest BCUT2D eigenvalue weighted by molar-refractivity contribution is -0.197. The molecule has 0 unspecified atom stereocenters. The first kappa shape index (κ1) is 96.9. The summed E-state index contributed by atoms with van der Waals surface area (Å²) in [5.74, 6) is -5.97. The van der Waals surface area contributed by atoms with Gasteiger partial charge in [0.2, 0.25) is 35.3 Å². The van der Waals surface area contributed by atoms with Crippen LogP contribution in [0.4, 0.5) is 45.8 Å². The van der Waals surface area contributed by atoms with Crippen molar-refractivity contribution >= 4 is 152 Å². The normalized spacial score (nSPS) is 15.1. The number of hydroxylamine groups is 2. The van der Waals surface area contributed by atoms with Crippen molar-refractivity contribution in [2.45, 2.75) is 180 Å². The topological polar surface area (TPSA) is 482 Å². The van der Waals surface area contributed by atoms with Crippen molar-refractivity contribution in [1.29, 1.82) is 0 Å². The summed E-state index contributed by atoms with van der Waals surface area (Å²) in [5.41, 5.74) is 7.81. The zero-order valence-corrected chi connectivity index (χ0v) is 74.9. The van der Waals surface area contributed by atoms with Gasteiger partial charge in [-0.15, -0.1) is 5.06 Å². The van der Waals surface area contributed by atoms with E-state index in [0.717, 1.165) is 22.5 Å². The standard InChI is InChI=1S/C50H54N8O12.C46H51N7O10/c1-29(22-35(59)11-6-8-14-46(64)70-58-44(62)19-20-45(58)63)48(65)52-30(2)39(60)23-31-15-17-33(18-16-31)53-49(66)47-55-42(28-56(47)3)54-43(61)13-9-21-69-41-26-37-36(25-40(41)68-4)50(67)57-34(27-51-37)24-32-10-5-7-12-38(32)57;1-27(20-33(54)11-6-8-14-42(57)58)44(59)48-28(2)37(55)21-29-15-17-31(18-16-29)49-45(60)43-51-40(26-52(43)3)50-41(56)13-9-19-63-39-24-35-34(23-38(39)62-4)46(61)53-32(25-47-35)22-30-10-5-7-12-36(30)53/h5,7,10,12,15-18,25-30,34H,6,8-9,11,13-14,19-24H2,1-4H3,(H,52,65)(H,53,66)(H,54,61);5,7,10,12,15-18,23-28,32H,6,8-9,11,13-14,19-22H2,1-4H3,(H,48,59)(H,49,60)(H,50,56)(H,57,58)/t29-,30+,34+;27-,28+,32+/m11/s1. The van der Waals surface area contributed by atoms with Gasteiger partial charge in [-0.1, -0.05) is 74.5 Å². The number of unbranched alkanes of at least 4 members (excludes halogenated alkanes) is 2. The SMILES string of the molecule is COc1cc2c(cc1OCCCC(=O)Nc1cn(C)c(C(=O)Nc3ccc(CC(=O)[C@H](C)NC(=O)[C@H](C)CC(=O)CCCCC(=O)O)cc3)n1)N=C[C@@H]1Cc3ccccc3N1C2=O.COc1cc2c(cc1OCCCC(=O)Nc1cn(C)c(C(=O)Nc3ccc(CC(=O)[C@H](C)NC(=O)[C@H](C)CC(=O)CCCCC(=O)ON4C(=O)CCC4=O)cc3)n1)N=C[C@@H]1Cc3ccccc3N1C2=O. The average Bonchev–Trinajstić information content (AvgIpc) is 1.61. The number of hydrogen-bond acceptors (Lipinski definition) is 25. The third-order valence-electron chi connectivity index (χ3n) is 22.8. The molecule has 1 fully saturated rings. The number of benzene rings is 6. The van der Waals surface area contributed by atoms with Gasteiger partial charge in [0, 0.05) is 176 Å². The first-order valence-electron chi connectivity index (χ1n) is 43.8. The number of ether oxygens (including phenoxy) is 4. The van der Waals surface area contributed by atoms with Crippen LogP contribution in [0.5, 0.6) is 23.0 Å². The molecule has 7 N–H and O–H groups in total. The number of para-hydroxylation sites is 2. The molecule has 5 aliphatic rings. The van der Waals surface area contributed by atoms with Crippen molar-refractivity contribution in [3.8, 4) is 23.0 Å². The van der Waals surface area contributed by atoms with Crippen LogP contribution in [0.2, 0.25) is 0 Å². The van der Waals surface area contributed by atoms with Gasteiger partial charge in [-0.05, 0) is 123 Å². The number of carboxylic acid groups (broad SMARTS) is 1. The lowest BCUT2D eigenvalue weighted by Crippen LogP contribution is -2.42. The second-order valence-electron chi connectivity index (χ2n) is 33.1. The fourth-order valence-corrected chi connectivity index (χ4v) is 15.5. The fourth-order valence-electron chi connectivity index (χ4n) is 15.5. The van der Waals surface area contributed by atoms with Gasteiger partial charge in [-0.3, -0.25) is 91.7 Å². The number of aryl methyl sites for hydroxylation is 2. The third-order valence-corrected chi connectivity index (χ3v) is 22.8. The van der Waals surface area contributed by atoms with Crippen molar-refractivity contribution in [2.75, 3.05) is 58.5 Å². The summed E-state index contributed by atoms with van der Waals surface area (Å²) in [7, 11) is 6.22. The molecule has 0 saturated carbocycles. The number of fused-ring (bicyclic) bond motifs is 8. The third kappa shape index (κ3) is 25.5. The molecule has 6 atom stereocenters. The molecule has 696 valence electrons. The van der Waals surface area contributed by atoms with E-state index >= 15 is 0 Å². The lowest BCUT2D eigenvalue weighted by atomic mass is 9.99. The van der Waals surface area contributed by atoms with Crippen molar-refractivity contribution in [2.24, 2.45) is 35.9 Å². The highest BCUT2D eigenvalue weighted by Gasteiger charge is 2.40. The molecule has 6 aromatic carbocycles. The molecule has 1 saturated heterocycles. The number of hydrogen-bond donors (Lipinski definition) is 7. The van der Waals surface area contributed by atoms with E-state index in [2.05, 4.69) is 51.9 Å². The van der Waals surface area contributed by atoms with E-state index in [9.17, 15) is 76.7 Å². The Balaban J connectivity index is 0.000000241. The number of amides is 10. The number of carbonyl (C=O) groups excluding carboxylic acids is 15. The molecular formula is C96H105N15O22. The number of imidazole rings is 2. The molecule has 37 heteroatoms. The monoisotopic (exact) mass is 1820 g/mol. The summed E-state index contributed by atoms with van der Waals surface area (Å²) in [6, 6.07) is 33.4. The van der Waals surface area contributed by atoms with Crippen LogP contribution < -0.4 is 60.6 Å². The van der Waals surface area contributed by atoms with E-state index in [-0.39, 0.29) is 172 Å². The molecule has 7 heterocycles. The minimum atomic E-state index is -0.917. The van der Waals surface area contributed by atoms with Crippen molar-refractivity contribution < 1.29 is 106 Å². The molecule has 2 aromatic heterocycles. The zero-order chi connectivity index (χ0) is 95.3. The van der Waals surface area contributed by atoms with Gasteiger partial charge in [-0.25, -0.2) is 14.8 Å². The highest BCUT2D eigenvalue weighted by atomic mass is 16.7. The van der Waals surface area contributed by atoms with Crippen LogP contribution in [0, 0.1) is 11.8 Å². The van der Waals surface area contributed by atoms with Gasteiger partial charge >= 0.3 is 11.9 Å². The minimum absolute atomic E-state index is 0.00291. The number of nitrogens with zero attached hydrogens (tertiary/aromatic N) is 9. The van der Waals surface area contributed by atoms with Crippen molar-refractivity contribution in [1.82, 2.24) is 34.8 Å². The van der Waals surface area contributed by atoms with Crippen molar-refractivity contribution in [3.05, 3.63) is 179 Å². The number of aromatic nitrogens is 4. The summed E-state index contributed by atoms with van der Waals surface area (Å²) in [5, 5.41) is 25.5. The lowest BCUT2D eigenvalue weighted by Gasteiger charge is -2.22. The van der Waals surface area contributed by atoms with Crippen LogP contribution in [0.1, 0.15) is 195 Å². The van der Waals surface area contributed by atoms with Crippen LogP contribution in [-0.4, -0.2) is 187 Å². The van der Waals surface area contributed by atoms with E-state index in [1.54, 1.807) is 137 Å². The van der Waals surface area contributed by atoms with E-state index in [1.165, 1.54) is 35.7 Å². The Bertz CT molecular complexity index is 5860. The van der Waals surface area contributed by atoms with E-state index in [4.69, 9.17) is 28.9 Å². The first-order valence-corrected chi connectivity index (χ1v) is 43.8. The molecule has 13 rings (SSSR count). The molecule has 0 bridgehead atoms. The van der Waals surface area contributed by atoms with Crippen LogP contribution in [0.15, 0.2) is 144 Å². The second kappa shape index (κ2) is 44.9. The number of nitrogens with one attached hydrogen (secondary N) is 6. The number of Topliss-reactive ketones (excluding diaryl/α,β-unsaturated/α-hetero) is 4. The molecule has 0 radical (unpaired) electrons. The summed E-state index contributed by atoms with van der Waals surface area (Å²) < 4.78 is 26.1. The highest BCUT2D eigenvalue weighted by Crippen LogP contribution is 2.43. The number of anilines is 6. The molecule has 5 aliphatic heterocycles. The Morgan fingerprint density at radius 1 is 0.474 bits per heavy atom. The molecule has 8 aromatic rings. The number of ketones is 4. The van der Waals surface area contributed by atoms with Gasteiger partial charge in [0.15, 0.2) is 46.2 Å². The van der Waals surface area contributed by atoms with Gasteiger partial charge in [0.05, 0.1) is 74.1 Å². The van der Waals surface area contributed by atoms with Gasteiger partial charge in [-0.2, -0.15) is 0 Å². The molecule has 0 aliphatic carbocycles. The number of carboxylic acids is 1. The van der Waals surface area contributed by atoms with E-state index < -0.39 is 71.3 Å². The van der Waals surface area contributed by atoms with E-state index in [0.29, 0.717) is 124 Å². The summed E-state index contributed by atoms with van der Waals surface area (Å²) in [6.45, 7) is 6.65. The predicted octanol–water partition coefficient (Wildman–Crippen LogP) is 10.8.